The fraction of sp³-hybridized carbons (Fsp3) is 0.300. The van der Waals surface area contributed by atoms with E-state index in [1.807, 2.05) is 30.3 Å². The van der Waals surface area contributed by atoms with Crippen molar-refractivity contribution < 1.29 is 18.0 Å². The van der Waals surface area contributed by atoms with Gasteiger partial charge in [-0.25, -0.2) is 13.1 Å². The van der Waals surface area contributed by atoms with Crippen molar-refractivity contribution in [1.82, 2.24) is 15.4 Å². The van der Waals surface area contributed by atoms with Crippen LogP contribution < -0.4 is 15.4 Å². The predicted octanol–water partition coefficient (Wildman–Crippen LogP) is 1.48. The third kappa shape index (κ3) is 5.40. The van der Waals surface area contributed by atoms with Gasteiger partial charge in [-0.15, -0.1) is 0 Å². The Morgan fingerprint density at radius 3 is 2.46 bits per heavy atom. The molecule has 2 amide bonds. The highest BCUT2D eigenvalue weighted by molar-refractivity contribution is 7.89. The van der Waals surface area contributed by atoms with E-state index in [9.17, 15) is 18.0 Å². The van der Waals surface area contributed by atoms with E-state index in [0.717, 1.165) is 18.4 Å². The number of hydrogen-bond donors (Lipinski definition) is 3. The van der Waals surface area contributed by atoms with Gasteiger partial charge in [-0.3, -0.25) is 9.59 Å². The number of benzene rings is 2. The van der Waals surface area contributed by atoms with Gasteiger partial charge in [0.2, 0.25) is 15.9 Å². The number of carbonyl (C=O) groups is 2. The van der Waals surface area contributed by atoms with Crippen molar-refractivity contribution in [2.45, 2.75) is 37.2 Å². The van der Waals surface area contributed by atoms with Gasteiger partial charge in [-0.05, 0) is 43.0 Å². The van der Waals surface area contributed by atoms with Gasteiger partial charge in [0.15, 0.2) is 0 Å². The fourth-order valence-corrected chi connectivity index (χ4v) is 3.94. The maximum atomic E-state index is 12.7. The van der Waals surface area contributed by atoms with Gasteiger partial charge in [-0.1, -0.05) is 36.4 Å². The van der Waals surface area contributed by atoms with Crippen molar-refractivity contribution >= 4 is 21.8 Å². The minimum atomic E-state index is -3.79. The van der Waals surface area contributed by atoms with E-state index in [0.29, 0.717) is 5.56 Å². The smallest absolute Gasteiger partial charge is 0.251 e. The highest BCUT2D eigenvalue weighted by atomic mass is 32.2. The Bertz CT molecular complexity index is 970. The molecule has 1 saturated carbocycles. The molecule has 1 aliphatic rings. The van der Waals surface area contributed by atoms with Crippen LogP contribution in [0.25, 0.3) is 0 Å². The van der Waals surface area contributed by atoms with E-state index >= 15 is 0 Å². The normalized spacial score (nSPS) is 13.8. The number of hydrogen-bond acceptors (Lipinski definition) is 4. The molecule has 148 valence electrons. The standard InChI is InChI=1S/C20H23N3O4S/c1-14-7-8-16(20(25)21-13-19(24)23-17-9-10-17)11-18(14)28(26,27)22-12-15-5-3-2-4-6-15/h2-8,11,17,22H,9-10,12-13H2,1H3,(H,21,25)(H,23,24). The molecule has 2 aromatic carbocycles. The highest BCUT2D eigenvalue weighted by Gasteiger charge is 2.23. The van der Waals surface area contributed by atoms with Gasteiger partial charge < -0.3 is 10.6 Å². The summed E-state index contributed by atoms with van der Waals surface area (Å²) in [5.74, 6) is -0.745. The summed E-state index contributed by atoms with van der Waals surface area (Å²) in [5, 5.41) is 5.30. The quantitative estimate of drug-likeness (QED) is 0.623. The summed E-state index contributed by atoms with van der Waals surface area (Å²) in [6, 6.07) is 13.8. The molecule has 28 heavy (non-hydrogen) atoms. The van der Waals surface area contributed by atoms with Gasteiger partial charge in [0.25, 0.3) is 5.91 Å². The Kier molecular flexibility index (Phi) is 6.11. The summed E-state index contributed by atoms with van der Waals surface area (Å²) in [4.78, 5) is 24.1. The van der Waals surface area contributed by atoms with Gasteiger partial charge in [0, 0.05) is 18.2 Å². The molecule has 0 unspecified atom stereocenters. The molecule has 2 aromatic rings. The SMILES string of the molecule is Cc1ccc(C(=O)NCC(=O)NC2CC2)cc1S(=O)(=O)NCc1ccccc1. The zero-order valence-corrected chi connectivity index (χ0v) is 16.4. The van der Waals surface area contributed by atoms with Crippen LogP contribution in [0.15, 0.2) is 53.4 Å². The Balaban J connectivity index is 1.67. The Morgan fingerprint density at radius 2 is 1.79 bits per heavy atom. The molecule has 8 heteroatoms. The van der Waals surface area contributed by atoms with Crippen LogP contribution in [0.1, 0.15) is 34.3 Å². The second-order valence-electron chi connectivity index (χ2n) is 6.81. The molecule has 3 rings (SSSR count). The number of amides is 2. The largest absolute Gasteiger partial charge is 0.352 e. The lowest BCUT2D eigenvalue weighted by Gasteiger charge is -2.12. The number of rotatable bonds is 8. The summed E-state index contributed by atoms with van der Waals surface area (Å²) in [6.45, 7) is 1.68. The Morgan fingerprint density at radius 1 is 1.07 bits per heavy atom. The first-order valence-corrected chi connectivity index (χ1v) is 10.6. The first kappa shape index (κ1) is 20.0. The van der Waals surface area contributed by atoms with Crippen molar-refractivity contribution in [2.24, 2.45) is 0 Å². The first-order chi connectivity index (χ1) is 13.3. The minimum Gasteiger partial charge on any atom is -0.352 e. The van der Waals surface area contributed by atoms with Crippen LogP contribution in [0, 0.1) is 6.92 Å². The lowest BCUT2D eigenvalue weighted by molar-refractivity contribution is -0.120. The molecule has 1 fully saturated rings. The molecule has 0 aromatic heterocycles. The lowest BCUT2D eigenvalue weighted by atomic mass is 10.1. The molecule has 0 atom stereocenters. The van der Waals surface area contributed by atoms with E-state index in [1.165, 1.54) is 6.07 Å². The van der Waals surface area contributed by atoms with Crippen LogP contribution in [0.3, 0.4) is 0 Å². The highest BCUT2D eigenvalue weighted by Crippen LogP contribution is 2.19. The summed E-state index contributed by atoms with van der Waals surface area (Å²) in [5.41, 5.74) is 1.55. The summed E-state index contributed by atoms with van der Waals surface area (Å²) in [7, 11) is -3.79. The van der Waals surface area contributed by atoms with Gasteiger partial charge in [-0.2, -0.15) is 0 Å². The zero-order chi connectivity index (χ0) is 20.1. The molecule has 0 radical (unpaired) electrons. The number of carbonyl (C=O) groups excluding carboxylic acids is 2. The van der Waals surface area contributed by atoms with Crippen LogP contribution >= 0.6 is 0 Å². The molecule has 0 spiro atoms. The molecular formula is C20H23N3O4S. The van der Waals surface area contributed by atoms with Crippen LogP contribution in [0.4, 0.5) is 0 Å². The average Bonchev–Trinajstić information content (AvgIpc) is 3.49. The maximum Gasteiger partial charge on any atom is 0.251 e. The first-order valence-electron chi connectivity index (χ1n) is 9.07. The molecule has 0 bridgehead atoms. The minimum absolute atomic E-state index is 0.0403. The van der Waals surface area contributed by atoms with Crippen molar-refractivity contribution in [2.75, 3.05) is 6.54 Å². The molecule has 0 heterocycles. The van der Waals surface area contributed by atoms with E-state index in [-0.39, 0.29) is 35.5 Å². The van der Waals surface area contributed by atoms with Gasteiger partial charge in [0.05, 0.1) is 11.4 Å². The number of nitrogens with one attached hydrogen (secondary N) is 3. The van der Waals surface area contributed by atoms with Gasteiger partial charge in [0.1, 0.15) is 0 Å². The zero-order valence-electron chi connectivity index (χ0n) is 15.6. The molecular weight excluding hydrogens is 378 g/mol. The van der Waals surface area contributed by atoms with Crippen molar-refractivity contribution in [3.63, 3.8) is 0 Å². The van der Waals surface area contributed by atoms with Crippen LogP contribution in [-0.2, 0) is 21.4 Å². The summed E-state index contributed by atoms with van der Waals surface area (Å²) >= 11 is 0. The third-order valence-corrected chi connectivity index (χ3v) is 5.94. The fourth-order valence-electron chi connectivity index (χ4n) is 2.65. The molecule has 7 nitrogen and oxygen atoms in total. The van der Waals surface area contributed by atoms with E-state index in [2.05, 4.69) is 15.4 Å². The lowest BCUT2D eigenvalue weighted by Crippen LogP contribution is -2.37. The monoisotopic (exact) mass is 401 g/mol. The topological polar surface area (TPSA) is 104 Å². The number of aryl methyl sites for hydroxylation is 1. The molecule has 0 aliphatic heterocycles. The van der Waals surface area contributed by atoms with Crippen molar-refractivity contribution in [3.8, 4) is 0 Å². The van der Waals surface area contributed by atoms with Crippen LogP contribution in [0.2, 0.25) is 0 Å². The molecule has 3 N–H and O–H groups in total. The Labute approximate surface area is 164 Å². The van der Waals surface area contributed by atoms with Crippen LogP contribution in [0.5, 0.6) is 0 Å². The second kappa shape index (κ2) is 8.53. The maximum absolute atomic E-state index is 12.7. The van der Waals surface area contributed by atoms with Gasteiger partial charge >= 0.3 is 0 Å². The average molecular weight is 401 g/mol. The summed E-state index contributed by atoms with van der Waals surface area (Å²) in [6.07, 6.45) is 1.93. The van der Waals surface area contributed by atoms with Crippen LogP contribution in [-0.4, -0.2) is 32.8 Å². The predicted molar refractivity (Wildman–Crippen MR) is 105 cm³/mol. The summed E-state index contributed by atoms with van der Waals surface area (Å²) < 4.78 is 27.9. The molecule has 1 aliphatic carbocycles. The van der Waals surface area contributed by atoms with E-state index in [1.54, 1.807) is 19.1 Å². The van der Waals surface area contributed by atoms with E-state index in [4.69, 9.17) is 0 Å². The second-order valence-corrected chi connectivity index (χ2v) is 8.55. The van der Waals surface area contributed by atoms with E-state index < -0.39 is 15.9 Å². The van der Waals surface area contributed by atoms with Crippen molar-refractivity contribution in [3.05, 3.63) is 65.2 Å². The molecule has 0 saturated heterocycles. The number of sulfonamides is 1. The van der Waals surface area contributed by atoms with Crippen molar-refractivity contribution in [1.29, 1.82) is 0 Å². The Hall–Kier alpha value is -2.71. The third-order valence-electron chi connectivity index (χ3n) is 4.40.